The second-order valence-corrected chi connectivity index (χ2v) is 6.67. The number of benzene rings is 2. The molecule has 3 rings (SSSR count). The molecule has 2 aromatic carbocycles. The largest absolute Gasteiger partial charge is 0.451 e. The number of hydrogen-bond donors (Lipinski definition) is 1. The molecule has 3 aromatic rings. The number of hydrogen-bond acceptors (Lipinski definition) is 4. The molecule has 0 saturated carbocycles. The Morgan fingerprint density at radius 2 is 1.50 bits per heavy atom. The molecule has 4 nitrogen and oxygen atoms in total. The summed E-state index contributed by atoms with van der Waals surface area (Å²) < 4.78 is 72.3. The smallest absolute Gasteiger partial charge is 0.207 e. The van der Waals surface area contributed by atoms with Crippen LogP contribution in [0.5, 0.6) is 11.5 Å². The lowest BCUT2D eigenvalue weighted by Gasteiger charge is -2.19. The zero-order valence-electron chi connectivity index (χ0n) is 15.7. The van der Waals surface area contributed by atoms with E-state index in [9.17, 15) is 22.0 Å². The fourth-order valence-corrected chi connectivity index (χ4v) is 2.86. The summed E-state index contributed by atoms with van der Waals surface area (Å²) in [5.41, 5.74) is 1.37. The van der Waals surface area contributed by atoms with Crippen LogP contribution in [0.2, 0.25) is 5.02 Å². The third-order valence-electron chi connectivity index (χ3n) is 4.35. The van der Waals surface area contributed by atoms with Crippen molar-refractivity contribution in [3.63, 3.8) is 0 Å². The van der Waals surface area contributed by atoms with Gasteiger partial charge in [-0.15, -0.1) is 0 Å². The SMILES string of the molecule is CCC(Nc1ncnc(C)c1Cl)c1ccc(Oc2c(F)c(F)c(F)c(F)c2F)cc1. The van der Waals surface area contributed by atoms with Crippen LogP contribution in [-0.2, 0) is 0 Å². The maximum atomic E-state index is 13.8. The summed E-state index contributed by atoms with van der Waals surface area (Å²) in [6.45, 7) is 3.65. The third kappa shape index (κ3) is 4.16. The average molecular weight is 444 g/mol. The first-order chi connectivity index (χ1) is 14.2. The zero-order chi connectivity index (χ0) is 22.0. The lowest BCUT2D eigenvalue weighted by molar-refractivity contribution is 0.332. The maximum absolute atomic E-state index is 13.8. The average Bonchev–Trinajstić information content (AvgIpc) is 2.75. The van der Waals surface area contributed by atoms with Crippen LogP contribution in [0.4, 0.5) is 27.8 Å². The molecule has 1 atom stereocenters. The molecular formula is C20H15ClF5N3O. The molecule has 158 valence electrons. The van der Waals surface area contributed by atoms with Gasteiger partial charge in [0.15, 0.2) is 0 Å². The summed E-state index contributed by atoms with van der Waals surface area (Å²) in [6, 6.07) is 5.66. The van der Waals surface area contributed by atoms with Gasteiger partial charge in [-0.25, -0.2) is 23.1 Å². The predicted molar refractivity (Wildman–Crippen MR) is 101 cm³/mol. The molecule has 10 heteroatoms. The van der Waals surface area contributed by atoms with Gasteiger partial charge in [0.05, 0.1) is 11.7 Å². The summed E-state index contributed by atoms with van der Waals surface area (Å²) >= 11 is 6.20. The summed E-state index contributed by atoms with van der Waals surface area (Å²) in [7, 11) is 0. The first kappa shape index (κ1) is 21.8. The third-order valence-corrected chi connectivity index (χ3v) is 4.81. The number of ether oxygens (including phenoxy) is 1. The summed E-state index contributed by atoms with van der Waals surface area (Å²) in [4.78, 5) is 8.10. The van der Waals surface area contributed by atoms with Crippen LogP contribution < -0.4 is 10.1 Å². The molecule has 0 amide bonds. The van der Waals surface area contributed by atoms with Gasteiger partial charge in [-0.3, -0.25) is 0 Å². The normalized spacial score (nSPS) is 12.0. The predicted octanol–water partition coefficient (Wildman–Crippen LogP) is 6.49. The molecule has 1 N–H and O–H groups in total. The highest BCUT2D eigenvalue weighted by molar-refractivity contribution is 6.33. The van der Waals surface area contributed by atoms with Gasteiger partial charge >= 0.3 is 0 Å². The van der Waals surface area contributed by atoms with Crippen LogP contribution in [-0.4, -0.2) is 9.97 Å². The van der Waals surface area contributed by atoms with Gasteiger partial charge < -0.3 is 10.1 Å². The monoisotopic (exact) mass is 443 g/mol. The Hall–Kier alpha value is -2.94. The molecule has 0 fully saturated rings. The molecule has 0 aliphatic rings. The van der Waals surface area contributed by atoms with E-state index in [-0.39, 0.29) is 11.8 Å². The standard InChI is InChI=1S/C20H15ClF5N3O/c1-3-12(29-20-13(21)9(2)27-8-28-20)10-4-6-11(7-5-10)30-19-17(25)15(23)14(22)16(24)18(19)26/h4-8,12H,3H2,1-2H3,(H,27,28,29). The second kappa shape index (κ2) is 8.83. The van der Waals surface area contributed by atoms with Crippen LogP contribution in [0.25, 0.3) is 0 Å². The molecule has 1 aromatic heterocycles. The minimum Gasteiger partial charge on any atom is -0.451 e. The van der Waals surface area contributed by atoms with Crippen LogP contribution in [0.3, 0.4) is 0 Å². The number of anilines is 1. The van der Waals surface area contributed by atoms with Gasteiger partial charge in [0, 0.05) is 0 Å². The molecule has 0 radical (unpaired) electrons. The van der Waals surface area contributed by atoms with E-state index < -0.39 is 34.8 Å². The van der Waals surface area contributed by atoms with E-state index in [4.69, 9.17) is 16.3 Å². The minimum absolute atomic E-state index is 0.104. The highest BCUT2D eigenvalue weighted by Crippen LogP contribution is 2.34. The molecule has 0 aliphatic heterocycles. The van der Waals surface area contributed by atoms with Crippen molar-refractivity contribution in [3.05, 3.63) is 76.0 Å². The first-order valence-electron chi connectivity index (χ1n) is 8.77. The Kier molecular flexibility index (Phi) is 6.40. The van der Waals surface area contributed by atoms with Crippen LogP contribution in [0, 0.1) is 36.0 Å². The van der Waals surface area contributed by atoms with Gasteiger partial charge in [-0.2, -0.15) is 8.78 Å². The minimum atomic E-state index is -2.25. The molecule has 0 saturated heterocycles. The van der Waals surface area contributed by atoms with Gasteiger partial charge in [-0.05, 0) is 31.0 Å². The van der Waals surface area contributed by atoms with E-state index in [0.29, 0.717) is 23.0 Å². The van der Waals surface area contributed by atoms with Gasteiger partial charge in [0.2, 0.25) is 34.8 Å². The maximum Gasteiger partial charge on any atom is 0.207 e. The number of nitrogens with zero attached hydrogens (tertiary/aromatic N) is 2. The van der Waals surface area contributed by atoms with Gasteiger partial charge in [0.25, 0.3) is 0 Å². The van der Waals surface area contributed by atoms with Crippen molar-refractivity contribution in [1.29, 1.82) is 0 Å². The Bertz CT molecular complexity index is 1050. The molecule has 0 aliphatic carbocycles. The number of aromatic nitrogens is 2. The van der Waals surface area contributed by atoms with Crippen molar-refractivity contribution < 1.29 is 26.7 Å². The Morgan fingerprint density at radius 3 is 2.07 bits per heavy atom. The van der Waals surface area contributed by atoms with E-state index in [1.165, 1.54) is 18.5 Å². The first-order valence-corrected chi connectivity index (χ1v) is 9.15. The highest BCUT2D eigenvalue weighted by Gasteiger charge is 2.27. The van der Waals surface area contributed by atoms with E-state index in [0.717, 1.165) is 5.56 Å². The van der Waals surface area contributed by atoms with Crippen LogP contribution in [0.1, 0.15) is 30.6 Å². The Morgan fingerprint density at radius 1 is 0.933 bits per heavy atom. The summed E-state index contributed by atoms with van der Waals surface area (Å²) in [6.07, 6.45) is 2.01. The van der Waals surface area contributed by atoms with Gasteiger partial charge in [0.1, 0.15) is 22.9 Å². The lowest BCUT2D eigenvalue weighted by Crippen LogP contribution is -2.11. The second-order valence-electron chi connectivity index (χ2n) is 6.30. The highest BCUT2D eigenvalue weighted by atomic mass is 35.5. The number of rotatable bonds is 6. The van der Waals surface area contributed by atoms with Crippen molar-refractivity contribution in [2.45, 2.75) is 26.3 Å². The van der Waals surface area contributed by atoms with E-state index in [1.807, 2.05) is 6.92 Å². The van der Waals surface area contributed by atoms with Crippen molar-refractivity contribution in [2.24, 2.45) is 0 Å². The van der Waals surface area contributed by atoms with E-state index >= 15 is 0 Å². The van der Waals surface area contributed by atoms with Crippen molar-refractivity contribution in [1.82, 2.24) is 9.97 Å². The molecule has 0 spiro atoms. The fourth-order valence-electron chi connectivity index (χ4n) is 2.71. The Labute approximate surface area is 173 Å². The number of halogens is 6. The molecule has 30 heavy (non-hydrogen) atoms. The molecule has 1 heterocycles. The molecule has 1 unspecified atom stereocenters. The summed E-state index contributed by atoms with van der Waals surface area (Å²) in [5.74, 6) is -11.5. The molecule has 0 bridgehead atoms. The van der Waals surface area contributed by atoms with Crippen molar-refractivity contribution in [3.8, 4) is 11.5 Å². The van der Waals surface area contributed by atoms with E-state index in [1.54, 1.807) is 19.1 Å². The lowest BCUT2D eigenvalue weighted by atomic mass is 10.0. The van der Waals surface area contributed by atoms with Crippen LogP contribution in [0.15, 0.2) is 30.6 Å². The number of aryl methyl sites for hydroxylation is 1. The number of nitrogens with one attached hydrogen (secondary N) is 1. The summed E-state index contributed by atoms with van der Waals surface area (Å²) in [5, 5.41) is 3.55. The zero-order valence-corrected chi connectivity index (χ0v) is 16.5. The fraction of sp³-hybridized carbons (Fsp3) is 0.200. The Balaban J connectivity index is 1.83. The van der Waals surface area contributed by atoms with Gasteiger partial charge in [-0.1, -0.05) is 30.7 Å². The molecular weight excluding hydrogens is 429 g/mol. The van der Waals surface area contributed by atoms with Crippen molar-refractivity contribution >= 4 is 17.4 Å². The topological polar surface area (TPSA) is 47.0 Å². The van der Waals surface area contributed by atoms with Crippen molar-refractivity contribution in [2.75, 3.05) is 5.32 Å². The quantitative estimate of drug-likeness (QED) is 0.269. The van der Waals surface area contributed by atoms with E-state index in [2.05, 4.69) is 15.3 Å². The van der Waals surface area contributed by atoms with Crippen LogP contribution >= 0.6 is 11.6 Å².